The van der Waals surface area contributed by atoms with E-state index in [9.17, 15) is 9.90 Å². The van der Waals surface area contributed by atoms with E-state index >= 15 is 0 Å². The van der Waals surface area contributed by atoms with E-state index in [4.69, 9.17) is 19.3 Å². The van der Waals surface area contributed by atoms with Gasteiger partial charge in [0.1, 0.15) is 17.6 Å². The molecule has 0 spiro atoms. The molecule has 0 amide bonds. The average Bonchev–Trinajstić information content (AvgIpc) is 2.76. The summed E-state index contributed by atoms with van der Waals surface area (Å²) in [6, 6.07) is 3.43. The highest BCUT2D eigenvalue weighted by molar-refractivity contribution is 5.76. The van der Waals surface area contributed by atoms with Gasteiger partial charge in [0.05, 0.1) is 20.3 Å². The molecule has 2 rings (SSSR count). The Morgan fingerprint density at radius 1 is 1.55 bits per heavy atom. The lowest BCUT2D eigenvalue weighted by Gasteiger charge is -2.17. The lowest BCUT2D eigenvalue weighted by Crippen LogP contribution is -2.18. The number of ether oxygens (including phenoxy) is 3. The number of fused-ring (bicyclic) bond motifs is 1. The maximum Gasteiger partial charge on any atom is 0.337 e. The highest BCUT2D eigenvalue weighted by Crippen LogP contribution is 2.38. The van der Waals surface area contributed by atoms with Gasteiger partial charge in [0.2, 0.25) is 0 Å². The van der Waals surface area contributed by atoms with E-state index in [0.29, 0.717) is 17.1 Å². The van der Waals surface area contributed by atoms with Crippen LogP contribution in [-0.4, -0.2) is 42.6 Å². The summed E-state index contributed by atoms with van der Waals surface area (Å²) in [7, 11) is 1.48. The van der Waals surface area contributed by atoms with Gasteiger partial charge in [-0.3, -0.25) is 0 Å². The third kappa shape index (κ3) is 2.86. The highest BCUT2D eigenvalue weighted by Gasteiger charge is 2.29. The van der Waals surface area contributed by atoms with Gasteiger partial charge in [0, 0.05) is 17.5 Å². The number of rotatable bonds is 6. The van der Waals surface area contributed by atoms with E-state index in [2.05, 4.69) is 0 Å². The van der Waals surface area contributed by atoms with Crippen molar-refractivity contribution >= 4 is 5.97 Å². The third-order valence-corrected chi connectivity index (χ3v) is 3.13. The number of carboxylic acids is 1. The van der Waals surface area contributed by atoms with Crippen molar-refractivity contribution in [3.8, 4) is 11.5 Å². The van der Waals surface area contributed by atoms with Gasteiger partial charge in [-0.25, -0.2) is 4.79 Å². The van der Waals surface area contributed by atoms with Gasteiger partial charge in [-0.05, 0) is 19.1 Å². The van der Waals surface area contributed by atoms with Gasteiger partial charge in [-0.15, -0.1) is 0 Å². The summed E-state index contributed by atoms with van der Waals surface area (Å²) < 4.78 is 16.1. The van der Waals surface area contributed by atoms with Crippen LogP contribution in [0.25, 0.3) is 0 Å². The first kappa shape index (κ1) is 14.6. The quantitative estimate of drug-likeness (QED) is 0.814. The van der Waals surface area contributed by atoms with Gasteiger partial charge in [0.25, 0.3) is 0 Å². The van der Waals surface area contributed by atoms with Crippen molar-refractivity contribution in [2.45, 2.75) is 25.6 Å². The molecule has 2 atom stereocenters. The number of aliphatic hydroxyl groups excluding tert-OH is 1. The maximum absolute atomic E-state index is 11.3. The van der Waals surface area contributed by atoms with Gasteiger partial charge in [-0.2, -0.15) is 0 Å². The molecular formula is C14H18O6. The van der Waals surface area contributed by atoms with E-state index in [1.54, 1.807) is 12.1 Å². The molecule has 0 saturated heterocycles. The zero-order valence-electron chi connectivity index (χ0n) is 11.5. The number of carbonyl (C=O) groups is 1. The predicted molar refractivity (Wildman–Crippen MR) is 70.2 cm³/mol. The Morgan fingerprint density at radius 3 is 2.90 bits per heavy atom. The number of hydrogen-bond donors (Lipinski definition) is 2. The van der Waals surface area contributed by atoms with E-state index < -0.39 is 12.1 Å². The zero-order chi connectivity index (χ0) is 14.7. The summed E-state index contributed by atoms with van der Waals surface area (Å²) in [5, 5.41) is 18.1. The van der Waals surface area contributed by atoms with Crippen molar-refractivity contribution in [1.82, 2.24) is 0 Å². The number of hydrogen-bond acceptors (Lipinski definition) is 5. The number of carboxylic acid groups (broad SMARTS) is 1. The minimum absolute atomic E-state index is 0.0610. The summed E-state index contributed by atoms with van der Waals surface area (Å²) in [4.78, 5) is 11.3. The summed E-state index contributed by atoms with van der Waals surface area (Å²) in [6.45, 7) is 1.64. The molecule has 1 aliphatic heterocycles. The topological polar surface area (TPSA) is 85.2 Å². The number of aliphatic hydroxyl groups is 1. The lowest BCUT2D eigenvalue weighted by atomic mass is 10.0. The Bertz CT molecular complexity index is 499. The van der Waals surface area contributed by atoms with Crippen molar-refractivity contribution in [3.63, 3.8) is 0 Å². The average molecular weight is 282 g/mol. The molecule has 6 heteroatoms. The summed E-state index contributed by atoms with van der Waals surface area (Å²) in [5.41, 5.74) is 1.38. The van der Waals surface area contributed by atoms with Crippen molar-refractivity contribution in [2.75, 3.05) is 20.3 Å². The smallest absolute Gasteiger partial charge is 0.337 e. The Kier molecular flexibility index (Phi) is 4.46. The highest BCUT2D eigenvalue weighted by atomic mass is 16.5. The van der Waals surface area contributed by atoms with E-state index in [1.807, 2.05) is 6.92 Å². The number of methoxy groups -OCH3 is 1. The number of aliphatic carboxylic acids is 1. The van der Waals surface area contributed by atoms with Crippen molar-refractivity contribution in [1.29, 1.82) is 0 Å². The van der Waals surface area contributed by atoms with Crippen LogP contribution in [0.3, 0.4) is 0 Å². The first-order valence-electron chi connectivity index (χ1n) is 6.39. The van der Waals surface area contributed by atoms with Gasteiger partial charge in [-0.1, -0.05) is 0 Å². The van der Waals surface area contributed by atoms with Crippen LogP contribution in [0, 0.1) is 0 Å². The van der Waals surface area contributed by atoms with Crippen LogP contribution in [0.15, 0.2) is 12.1 Å². The fourth-order valence-electron chi connectivity index (χ4n) is 2.30. The second kappa shape index (κ2) is 6.11. The van der Waals surface area contributed by atoms with E-state index in [-0.39, 0.29) is 19.3 Å². The molecule has 2 unspecified atom stereocenters. The van der Waals surface area contributed by atoms with E-state index in [0.717, 1.165) is 12.0 Å². The van der Waals surface area contributed by atoms with Crippen LogP contribution < -0.4 is 9.47 Å². The molecule has 1 aromatic carbocycles. The second-order valence-electron chi connectivity index (χ2n) is 4.65. The monoisotopic (exact) mass is 282 g/mol. The van der Waals surface area contributed by atoms with Crippen LogP contribution in [0.1, 0.15) is 24.2 Å². The fraction of sp³-hybridized carbons (Fsp3) is 0.500. The summed E-state index contributed by atoms with van der Waals surface area (Å²) >= 11 is 0. The molecule has 110 valence electrons. The minimum atomic E-state index is -1.19. The molecule has 0 fully saturated rings. The second-order valence-corrected chi connectivity index (χ2v) is 4.65. The van der Waals surface area contributed by atoms with Crippen molar-refractivity contribution in [2.24, 2.45) is 0 Å². The first-order chi connectivity index (χ1) is 9.56. The predicted octanol–water partition coefficient (Wildman–Crippen LogP) is 1.15. The Balaban J connectivity index is 2.38. The molecule has 2 N–H and O–H groups in total. The molecule has 0 aliphatic carbocycles. The van der Waals surface area contributed by atoms with Crippen LogP contribution in [0.5, 0.6) is 11.5 Å². The van der Waals surface area contributed by atoms with E-state index in [1.165, 1.54) is 7.11 Å². The number of benzene rings is 1. The molecular weight excluding hydrogens is 264 g/mol. The first-order valence-corrected chi connectivity index (χ1v) is 6.39. The van der Waals surface area contributed by atoms with Gasteiger partial charge >= 0.3 is 5.97 Å². The van der Waals surface area contributed by atoms with Crippen LogP contribution in [0.2, 0.25) is 0 Å². The Morgan fingerprint density at radius 2 is 2.30 bits per heavy atom. The molecule has 6 nitrogen and oxygen atoms in total. The molecule has 0 bridgehead atoms. The van der Waals surface area contributed by atoms with Gasteiger partial charge < -0.3 is 24.4 Å². The van der Waals surface area contributed by atoms with Crippen molar-refractivity contribution in [3.05, 3.63) is 23.3 Å². The largest absolute Gasteiger partial charge is 0.496 e. The molecule has 20 heavy (non-hydrogen) atoms. The van der Waals surface area contributed by atoms with Gasteiger partial charge in [0.15, 0.2) is 6.10 Å². The van der Waals surface area contributed by atoms with Crippen LogP contribution >= 0.6 is 0 Å². The normalized spacial score (nSPS) is 18.2. The Labute approximate surface area is 116 Å². The molecule has 1 aromatic rings. The molecule has 0 aromatic heterocycles. The lowest BCUT2D eigenvalue weighted by molar-refractivity contribution is -0.151. The summed E-state index contributed by atoms with van der Waals surface area (Å²) in [5.74, 6) is -0.0262. The molecule has 1 heterocycles. The van der Waals surface area contributed by atoms with Crippen LogP contribution in [-0.2, 0) is 16.0 Å². The molecule has 0 saturated carbocycles. The summed E-state index contributed by atoms with van der Waals surface area (Å²) in [6.07, 6.45) is -0.366. The Hall–Kier alpha value is -1.79. The minimum Gasteiger partial charge on any atom is -0.496 e. The van der Waals surface area contributed by atoms with Crippen molar-refractivity contribution < 1.29 is 29.2 Å². The molecule has 0 radical (unpaired) electrons. The maximum atomic E-state index is 11.3. The third-order valence-electron chi connectivity index (χ3n) is 3.13. The standard InChI is InChI=1S/C14H18O6/c1-8-5-9-6-12(18-2)10(7-11(9)20-8)13(14(16)17)19-4-3-15/h6-8,13,15H,3-5H2,1-2H3,(H,16,17). The molecule has 1 aliphatic rings. The SMILES string of the molecule is COc1cc2c(cc1C(OCCO)C(=O)O)OC(C)C2. The van der Waals surface area contributed by atoms with Crippen LogP contribution in [0.4, 0.5) is 0 Å². The fourth-order valence-corrected chi connectivity index (χ4v) is 2.30. The zero-order valence-corrected chi connectivity index (χ0v) is 11.5.